The summed E-state index contributed by atoms with van der Waals surface area (Å²) in [6.07, 6.45) is 0. The van der Waals surface area contributed by atoms with Gasteiger partial charge in [0.25, 0.3) is 0 Å². The molecule has 0 radical (unpaired) electrons. The molecule has 0 N–H and O–H groups in total. The molecule has 0 saturated carbocycles. The SMILES string of the molecule is O=[N+]([O-])c1ccc[c-]c1[O-].[Ti+2]. The summed E-state index contributed by atoms with van der Waals surface area (Å²) < 4.78 is 0. The molecule has 1 rings (SSSR count). The molecule has 0 amide bonds. The standard InChI is InChI=1S/C6H4NO3.Ti/c8-6-4-2-1-3-5(6)7(9)10;/h1-3,8H;/q-1;+2/p-1. The van der Waals surface area contributed by atoms with Crippen molar-refractivity contribution in [2.24, 2.45) is 0 Å². The predicted molar refractivity (Wildman–Crippen MR) is 31.4 cm³/mol. The summed E-state index contributed by atoms with van der Waals surface area (Å²) >= 11 is 0. The Hall–Kier alpha value is -0.866. The number of rotatable bonds is 1. The molecule has 1 aromatic carbocycles. The van der Waals surface area contributed by atoms with E-state index in [0.717, 1.165) is 6.07 Å². The van der Waals surface area contributed by atoms with Gasteiger partial charge in [0.15, 0.2) is 5.69 Å². The largest absolute Gasteiger partial charge is 2.00 e. The number of para-hydroxylation sites is 1. The molecule has 0 fully saturated rings. The minimum absolute atomic E-state index is 0. The Morgan fingerprint density at radius 3 is 2.55 bits per heavy atom. The molecule has 0 saturated heterocycles. The van der Waals surface area contributed by atoms with Crippen molar-refractivity contribution in [1.29, 1.82) is 0 Å². The molecule has 0 unspecified atom stereocenters. The Bertz CT molecular complexity index is 264. The summed E-state index contributed by atoms with van der Waals surface area (Å²) in [5, 5.41) is 20.6. The van der Waals surface area contributed by atoms with Crippen LogP contribution in [0.4, 0.5) is 5.69 Å². The zero-order chi connectivity index (χ0) is 7.56. The molecule has 5 heteroatoms. The fourth-order valence-electron chi connectivity index (χ4n) is 0.556. The van der Waals surface area contributed by atoms with Crippen LogP contribution in [-0.2, 0) is 21.7 Å². The van der Waals surface area contributed by atoms with Gasteiger partial charge in [-0.1, -0.05) is 6.07 Å². The maximum Gasteiger partial charge on any atom is 2.00 e. The topological polar surface area (TPSA) is 66.2 Å². The van der Waals surface area contributed by atoms with Crippen molar-refractivity contribution in [2.45, 2.75) is 0 Å². The smallest absolute Gasteiger partial charge is 0.887 e. The first-order valence-corrected chi connectivity index (χ1v) is 2.54. The van der Waals surface area contributed by atoms with Gasteiger partial charge < -0.3 is 5.11 Å². The van der Waals surface area contributed by atoms with E-state index in [-0.39, 0.29) is 21.7 Å². The molecule has 0 heterocycles. The average molecular weight is 185 g/mol. The minimum Gasteiger partial charge on any atom is -0.887 e. The predicted octanol–water partition coefficient (Wildman–Crippen LogP) is 0.466. The van der Waals surface area contributed by atoms with Crippen molar-refractivity contribution in [1.82, 2.24) is 0 Å². The van der Waals surface area contributed by atoms with Crippen LogP contribution < -0.4 is 5.11 Å². The first-order valence-electron chi connectivity index (χ1n) is 2.54. The Balaban J connectivity index is 0.000001000. The number of nitro groups is 1. The normalized spacial score (nSPS) is 8.36. The van der Waals surface area contributed by atoms with Crippen LogP contribution in [-0.4, -0.2) is 4.92 Å². The molecule has 1 aromatic rings. The fourth-order valence-corrected chi connectivity index (χ4v) is 0.556. The third-order valence-electron chi connectivity index (χ3n) is 0.994. The molecular weight excluding hydrogens is 182 g/mol. The van der Waals surface area contributed by atoms with Gasteiger partial charge in [0.2, 0.25) is 0 Å². The van der Waals surface area contributed by atoms with Gasteiger partial charge in [-0.25, -0.2) is 0 Å². The Morgan fingerprint density at radius 2 is 2.18 bits per heavy atom. The third-order valence-corrected chi connectivity index (χ3v) is 0.994. The van der Waals surface area contributed by atoms with Crippen LogP contribution in [0.5, 0.6) is 5.75 Å². The van der Waals surface area contributed by atoms with Crippen molar-refractivity contribution in [3.05, 3.63) is 34.4 Å². The second kappa shape index (κ2) is 4.10. The minimum atomic E-state index is -0.723. The number of hydrogen-bond donors (Lipinski definition) is 0. The van der Waals surface area contributed by atoms with Crippen LogP contribution in [0.2, 0.25) is 0 Å². The summed E-state index contributed by atoms with van der Waals surface area (Å²) in [6, 6.07) is 6.08. The van der Waals surface area contributed by atoms with Crippen LogP contribution in [0.25, 0.3) is 0 Å². The molecule has 54 valence electrons. The van der Waals surface area contributed by atoms with Crippen LogP contribution in [0.15, 0.2) is 18.2 Å². The maximum absolute atomic E-state index is 10.6. The summed E-state index contributed by atoms with van der Waals surface area (Å²) in [4.78, 5) is 9.28. The molecule has 0 atom stereocenters. The molecule has 0 aromatic heterocycles. The number of benzene rings is 1. The van der Waals surface area contributed by atoms with Crippen LogP contribution in [0.1, 0.15) is 0 Å². The molecule has 0 aliphatic heterocycles. The molecule has 0 aliphatic carbocycles. The molecule has 11 heavy (non-hydrogen) atoms. The van der Waals surface area contributed by atoms with Gasteiger partial charge in [0.1, 0.15) is 0 Å². The van der Waals surface area contributed by atoms with Crippen molar-refractivity contribution in [3.8, 4) is 5.75 Å². The molecule has 0 bridgehead atoms. The van der Waals surface area contributed by atoms with Crippen LogP contribution in [0.3, 0.4) is 0 Å². The fraction of sp³-hybridized carbons (Fsp3) is 0. The van der Waals surface area contributed by atoms with Gasteiger partial charge in [0, 0.05) is 4.92 Å². The summed E-state index contributed by atoms with van der Waals surface area (Å²) in [5.41, 5.74) is -0.428. The monoisotopic (exact) mass is 185 g/mol. The van der Waals surface area contributed by atoms with Crippen molar-refractivity contribution in [3.63, 3.8) is 0 Å². The Kier molecular flexibility index (Phi) is 3.78. The second-order valence-electron chi connectivity index (χ2n) is 1.64. The molecule has 0 aliphatic rings. The van der Waals surface area contributed by atoms with Crippen LogP contribution >= 0.6 is 0 Å². The van der Waals surface area contributed by atoms with Gasteiger partial charge in [-0.05, 0) is 0 Å². The van der Waals surface area contributed by atoms with Crippen molar-refractivity contribution < 1.29 is 31.7 Å². The van der Waals surface area contributed by atoms with Crippen molar-refractivity contribution in [2.75, 3.05) is 0 Å². The van der Waals surface area contributed by atoms with Gasteiger partial charge in [-0.15, -0.1) is 0 Å². The second-order valence-corrected chi connectivity index (χ2v) is 1.64. The number of nitrogens with zero attached hydrogens (tertiary/aromatic N) is 1. The Morgan fingerprint density at radius 1 is 1.55 bits per heavy atom. The van der Waals surface area contributed by atoms with E-state index in [4.69, 9.17) is 0 Å². The van der Waals surface area contributed by atoms with E-state index < -0.39 is 16.4 Å². The van der Waals surface area contributed by atoms with E-state index in [9.17, 15) is 15.2 Å². The Labute approximate surface area is 77.9 Å². The van der Waals surface area contributed by atoms with Gasteiger partial charge in [0.05, 0.1) is 0 Å². The molecular formula is C6H3NO3Ti. The van der Waals surface area contributed by atoms with Gasteiger partial charge in [-0.2, -0.15) is 23.9 Å². The number of nitro benzene ring substituents is 1. The van der Waals surface area contributed by atoms with Gasteiger partial charge >= 0.3 is 21.7 Å². The first kappa shape index (κ1) is 10.1. The average Bonchev–Trinajstić information content (AvgIpc) is 1.88. The van der Waals surface area contributed by atoms with E-state index in [1.54, 1.807) is 0 Å². The molecule has 0 spiro atoms. The summed E-state index contributed by atoms with van der Waals surface area (Å²) in [5.74, 6) is -0.674. The number of hydrogen-bond acceptors (Lipinski definition) is 3. The first-order chi connectivity index (χ1) is 4.72. The summed E-state index contributed by atoms with van der Waals surface area (Å²) in [7, 11) is 0. The van der Waals surface area contributed by atoms with E-state index in [2.05, 4.69) is 6.07 Å². The maximum atomic E-state index is 10.6. The zero-order valence-electron chi connectivity index (χ0n) is 5.40. The van der Waals surface area contributed by atoms with E-state index in [0.29, 0.717) is 0 Å². The van der Waals surface area contributed by atoms with Crippen molar-refractivity contribution >= 4 is 5.69 Å². The van der Waals surface area contributed by atoms with E-state index >= 15 is 0 Å². The quantitative estimate of drug-likeness (QED) is 0.276. The zero-order valence-corrected chi connectivity index (χ0v) is 6.97. The third kappa shape index (κ3) is 2.33. The summed E-state index contributed by atoms with van der Waals surface area (Å²) in [6.45, 7) is 0. The molecule has 4 nitrogen and oxygen atoms in total. The van der Waals surface area contributed by atoms with Gasteiger partial charge in [-0.3, -0.25) is 10.1 Å². The van der Waals surface area contributed by atoms with Crippen LogP contribution in [0, 0.1) is 16.2 Å². The van der Waals surface area contributed by atoms with E-state index in [1.165, 1.54) is 12.1 Å². The van der Waals surface area contributed by atoms with E-state index in [1.807, 2.05) is 0 Å².